The third-order valence-electron chi connectivity index (χ3n) is 14.0. The van der Waals surface area contributed by atoms with Crippen molar-refractivity contribution in [3.8, 4) is 0 Å². The van der Waals surface area contributed by atoms with Gasteiger partial charge in [-0.2, -0.15) is 0 Å². The van der Waals surface area contributed by atoms with E-state index >= 15 is 0 Å². The molecule has 0 aromatic carbocycles. The van der Waals surface area contributed by atoms with Gasteiger partial charge in [-0.15, -0.1) is 0 Å². The van der Waals surface area contributed by atoms with Crippen LogP contribution in [0.3, 0.4) is 0 Å². The first kappa shape index (κ1) is 61.1. The Labute approximate surface area is 404 Å². The minimum absolute atomic E-state index is 0.0745. The van der Waals surface area contributed by atoms with E-state index in [4.69, 9.17) is 9.47 Å². The van der Waals surface area contributed by atoms with Crippen LogP contribution in [0.5, 0.6) is 0 Å². The molecule has 7 nitrogen and oxygen atoms in total. The summed E-state index contributed by atoms with van der Waals surface area (Å²) in [4.78, 5) is 33.4. The Morgan fingerprint density at radius 2 is 0.723 bits per heavy atom. The van der Waals surface area contributed by atoms with Crippen molar-refractivity contribution in [3.05, 3.63) is 18.7 Å². The Hall–Kier alpha value is -1.89. The number of aryl methyl sites for hydroxylation is 1. The summed E-state index contributed by atoms with van der Waals surface area (Å²) in [6.07, 6.45) is 56.1. The lowest BCUT2D eigenvalue weighted by Gasteiger charge is -2.22. The fourth-order valence-corrected chi connectivity index (χ4v) is 9.55. The highest BCUT2D eigenvalue weighted by atomic mass is 16.5. The Bertz CT molecular complexity index is 1050. The average molecular weight is 915 g/mol. The summed E-state index contributed by atoms with van der Waals surface area (Å²) in [6.45, 7) is 14.6. The number of nitrogens with zero attached hydrogens (tertiary/aromatic N) is 3. The van der Waals surface area contributed by atoms with Crippen molar-refractivity contribution in [2.24, 2.45) is 11.8 Å². The van der Waals surface area contributed by atoms with Gasteiger partial charge in [0, 0.05) is 18.9 Å². The van der Waals surface area contributed by atoms with Crippen LogP contribution in [0, 0.1) is 11.8 Å². The van der Waals surface area contributed by atoms with Gasteiger partial charge in [0.25, 0.3) is 0 Å². The van der Waals surface area contributed by atoms with Crippen LogP contribution in [-0.2, 0) is 25.6 Å². The molecule has 65 heavy (non-hydrogen) atoms. The lowest BCUT2D eigenvalue weighted by Crippen LogP contribution is -2.28. The number of rotatable bonds is 52. The predicted octanol–water partition coefficient (Wildman–Crippen LogP) is 17.6. The smallest absolute Gasteiger partial charge is 0.308 e. The monoisotopic (exact) mass is 914 g/mol. The second-order valence-corrected chi connectivity index (χ2v) is 20.2. The molecule has 0 N–H and O–H groups in total. The molecule has 382 valence electrons. The second-order valence-electron chi connectivity index (χ2n) is 20.2. The second kappa shape index (κ2) is 48.6. The van der Waals surface area contributed by atoms with Crippen LogP contribution in [0.2, 0.25) is 0 Å². The zero-order chi connectivity index (χ0) is 46.9. The largest absolute Gasteiger partial charge is 0.465 e. The number of unbranched alkanes of at least 4 members (excludes halogenated alkanes) is 30. The molecule has 0 aliphatic carbocycles. The first-order valence-corrected chi connectivity index (χ1v) is 29.1. The molecular formula is C58H111N3O4. The van der Waals surface area contributed by atoms with Gasteiger partial charge in [0.2, 0.25) is 0 Å². The van der Waals surface area contributed by atoms with Gasteiger partial charge in [-0.1, -0.05) is 233 Å². The number of carbonyl (C=O) groups excluding carboxylic acids is 2. The summed E-state index contributed by atoms with van der Waals surface area (Å²) < 4.78 is 14.1. The molecule has 1 rings (SSSR count). The summed E-state index contributed by atoms with van der Waals surface area (Å²) in [7, 11) is 0. The topological polar surface area (TPSA) is 73.7 Å². The molecule has 0 saturated carbocycles. The first-order chi connectivity index (χ1) is 32.0. The molecule has 7 heteroatoms. The van der Waals surface area contributed by atoms with E-state index in [9.17, 15) is 9.59 Å². The fourth-order valence-electron chi connectivity index (χ4n) is 9.55. The molecule has 0 amide bonds. The third-order valence-corrected chi connectivity index (χ3v) is 14.0. The van der Waals surface area contributed by atoms with Crippen molar-refractivity contribution in [1.29, 1.82) is 0 Å². The van der Waals surface area contributed by atoms with Crippen molar-refractivity contribution in [1.82, 2.24) is 14.5 Å². The molecule has 1 aromatic rings. The lowest BCUT2D eigenvalue weighted by atomic mass is 9.94. The highest BCUT2D eigenvalue weighted by molar-refractivity contribution is 5.72. The summed E-state index contributed by atoms with van der Waals surface area (Å²) in [5, 5.41) is 0. The number of imidazole rings is 1. The van der Waals surface area contributed by atoms with E-state index in [1.54, 1.807) is 0 Å². The van der Waals surface area contributed by atoms with E-state index in [-0.39, 0.29) is 23.8 Å². The van der Waals surface area contributed by atoms with E-state index in [2.05, 4.69) is 48.3 Å². The van der Waals surface area contributed by atoms with Crippen LogP contribution in [0.25, 0.3) is 0 Å². The van der Waals surface area contributed by atoms with E-state index in [0.717, 1.165) is 110 Å². The van der Waals surface area contributed by atoms with Crippen LogP contribution >= 0.6 is 0 Å². The summed E-state index contributed by atoms with van der Waals surface area (Å²) in [5.41, 5.74) is 0. The standard InChI is InChI=1S/C58H111N3O4/c1-5-9-13-17-21-23-27-35-44-55(42-33-25-19-15-11-7-3)57(62)64-52-39-31-29-37-47-60(49-41-50-61-51-46-59-54-61)48-38-30-32-40-53-65-58(63)56(43-34-26-20-16-12-8-4)45-36-28-24-22-18-14-10-6-2/h46,51,54-56H,5-45,47-50,52-53H2,1-4H3. The number of esters is 2. The van der Waals surface area contributed by atoms with Crippen molar-refractivity contribution < 1.29 is 19.1 Å². The average Bonchev–Trinajstić information content (AvgIpc) is 3.84. The van der Waals surface area contributed by atoms with Crippen molar-refractivity contribution >= 4 is 11.9 Å². The zero-order valence-corrected chi connectivity index (χ0v) is 44.1. The van der Waals surface area contributed by atoms with Gasteiger partial charge in [-0.25, -0.2) is 4.98 Å². The van der Waals surface area contributed by atoms with Crippen LogP contribution in [0.15, 0.2) is 18.7 Å². The highest BCUT2D eigenvalue weighted by Crippen LogP contribution is 2.23. The number of carbonyl (C=O) groups is 2. The van der Waals surface area contributed by atoms with E-state index in [1.807, 2.05) is 12.5 Å². The van der Waals surface area contributed by atoms with Gasteiger partial charge in [-0.05, 0) is 77.4 Å². The Kier molecular flexibility index (Phi) is 45.7. The summed E-state index contributed by atoms with van der Waals surface area (Å²) in [6, 6.07) is 0. The van der Waals surface area contributed by atoms with Gasteiger partial charge in [-0.3, -0.25) is 9.59 Å². The van der Waals surface area contributed by atoms with Gasteiger partial charge in [0.05, 0.1) is 31.4 Å². The highest BCUT2D eigenvalue weighted by Gasteiger charge is 2.20. The number of ether oxygens (including phenoxy) is 2. The molecule has 0 saturated heterocycles. The van der Waals surface area contributed by atoms with Gasteiger partial charge >= 0.3 is 11.9 Å². The molecule has 2 unspecified atom stereocenters. The van der Waals surface area contributed by atoms with E-state index in [1.165, 1.54) is 180 Å². The molecule has 0 radical (unpaired) electrons. The summed E-state index contributed by atoms with van der Waals surface area (Å²) in [5.74, 6) is 0.332. The Balaban J connectivity index is 2.43. The van der Waals surface area contributed by atoms with E-state index < -0.39 is 0 Å². The molecule has 1 aromatic heterocycles. The normalized spacial score (nSPS) is 12.6. The number of hydrogen-bond donors (Lipinski definition) is 0. The molecule has 1 heterocycles. The molecule has 2 atom stereocenters. The molecule has 0 aliphatic rings. The minimum Gasteiger partial charge on any atom is -0.465 e. The lowest BCUT2D eigenvalue weighted by molar-refractivity contribution is -0.150. The quantitative estimate of drug-likeness (QED) is 0.0479. The predicted molar refractivity (Wildman–Crippen MR) is 280 cm³/mol. The van der Waals surface area contributed by atoms with Crippen molar-refractivity contribution in [2.45, 2.75) is 297 Å². The third kappa shape index (κ3) is 39.8. The SMILES string of the molecule is CCCCCCCCCCC(CCCCCCCC)C(=O)OCCCCCCN(CCCCCCOC(=O)C(CCCCCCCC)CCCCCCCCCC)CCCn1ccnc1. The molecular weight excluding hydrogens is 803 g/mol. The molecule has 0 bridgehead atoms. The van der Waals surface area contributed by atoms with Gasteiger partial charge in [0.1, 0.15) is 0 Å². The van der Waals surface area contributed by atoms with Crippen LogP contribution < -0.4 is 0 Å². The number of aromatic nitrogens is 2. The van der Waals surface area contributed by atoms with Crippen LogP contribution in [-0.4, -0.2) is 59.2 Å². The Morgan fingerprint density at radius 3 is 1.06 bits per heavy atom. The van der Waals surface area contributed by atoms with Crippen molar-refractivity contribution in [3.63, 3.8) is 0 Å². The first-order valence-electron chi connectivity index (χ1n) is 29.1. The van der Waals surface area contributed by atoms with E-state index in [0.29, 0.717) is 13.2 Å². The summed E-state index contributed by atoms with van der Waals surface area (Å²) >= 11 is 0. The van der Waals surface area contributed by atoms with Gasteiger partial charge < -0.3 is 18.9 Å². The molecule has 0 spiro atoms. The Morgan fingerprint density at radius 1 is 0.415 bits per heavy atom. The minimum atomic E-state index is 0.0745. The number of hydrogen-bond acceptors (Lipinski definition) is 6. The van der Waals surface area contributed by atoms with Gasteiger partial charge in [0.15, 0.2) is 0 Å². The zero-order valence-electron chi connectivity index (χ0n) is 44.1. The molecule has 0 fully saturated rings. The maximum Gasteiger partial charge on any atom is 0.308 e. The maximum atomic E-state index is 13.2. The molecule has 0 aliphatic heterocycles. The fraction of sp³-hybridized carbons (Fsp3) is 0.914. The van der Waals surface area contributed by atoms with Crippen LogP contribution in [0.4, 0.5) is 0 Å². The van der Waals surface area contributed by atoms with Crippen LogP contribution in [0.1, 0.15) is 291 Å². The maximum absolute atomic E-state index is 13.2. The van der Waals surface area contributed by atoms with Crippen molar-refractivity contribution in [2.75, 3.05) is 32.8 Å².